The molecule has 0 aromatic carbocycles. The number of pyridine rings is 1. The molecule has 0 saturated carbocycles. The third-order valence-corrected chi connectivity index (χ3v) is 1.75. The van der Waals surface area contributed by atoms with E-state index in [9.17, 15) is 26.7 Å². The number of alkyl halides is 5. The summed E-state index contributed by atoms with van der Waals surface area (Å²) >= 11 is 0. The van der Waals surface area contributed by atoms with E-state index in [4.69, 9.17) is 0 Å². The Labute approximate surface area is 97.3 Å². The molecule has 0 spiro atoms. The second-order valence-corrected chi connectivity index (χ2v) is 2.93. The van der Waals surface area contributed by atoms with Crippen molar-refractivity contribution in [3.05, 3.63) is 17.5 Å². The van der Waals surface area contributed by atoms with Crippen molar-refractivity contribution in [3.8, 4) is 11.5 Å². The number of rotatable bonds is 4. The van der Waals surface area contributed by atoms with Gasteiger partial charge in [0.2, 0.25) is 0 Å². The fraction of sp³-hybridized carbons (Fsp3) is 0.333. The molecule has 0 aliphatic carbocycles. The zero-order chi connectivity index (χ0) is 13.9. The van der Waals surface area contributed by atoms with Gasteiger partial charge in [-0.15, -0.1) is 13.2 Å². The van der Waals surface area contributed by atoms with Crippen molar-refractivity contribution in [3.63, 3.8) is 0 Å². The minimum atomic E-state index is -5.18. The standard InChI is InChI=1S/C9H6F5NO3/c1-17-5-2-4(3-16)15-6(8(10)11)7(5)18-9(12,13)14/h2-3,8H,1H3. The van der Waals surface area contributed by atoms with E-state index in [1.807, 2.05) is 0 Å². The number of hydrogen-bond acceptors (Lipinski definition) is 4. The predicted molar refractivity (Wildman–Crippen MR) is 47.8 cm³/mol. The molecule has 9 heteroatoms. The van der Waals surface area contributed by atoms with Crippen molar-refractivity contribution in [1.82, 2.24) is 4.98 Å². The van der Waals surface area contributed by atoms with Gasteiger partial charge in [-0.1, -0.05) is 0 Å². The van der Waals surface area contributed by atoms with E-state index >= 15 is 0 Å². The molecule has 0 N–H and O–H groups in total. The lowest BCUT2D eigenvalue weighted by Crippen LogP contribution is -2.19. The van der Waals surface area contributed by atoms with Crippen LogP contribution in [0.3, 0.4) is 0 Å². The molecular weight excluding hydrogens is 265 g/mol. The highest BCUT2D eigenvalue weighted by Gasteiger charge is 2.36. The highest BCUT2D eigenvalue weighted by atomic mass is 19.4. The zero-order valence-electron chi connectivity index (χ0n) is 8.79. The Hall–Kier alpha value is -1.93. The molecule has 0 aliphatic heterocycles. The number of methoxy groups -OCH3 is 1. The van der Waals surface area contributed by atoms with Crippen LogP contribution in [0.25, 0.3) is 0 Å². The third-order valence-electron chi connectivity index (χ3n) is 1.75. The molecule has 1 heterocycles. The largest absolute Gasteiger partial charge is 0.573 e. The average Bonchev–Trinajstić information content (AvgIpc) is 2.26. The van der Waals surface area contributed by atoms with Crippen LogP contribution in [-0.2, 0) is 0 Å². The highest BCUT2D eigenvalue weighted by molar-refractivity contribution is 5.73. The SMILES string of the molecule is COc1cc(C=O)nc(C(F)F)c1OC(F)(F)F. The van der Waals surface area contributed by atoms with Crippen molar-refractivity contribution in [2.24, 2.45) is 0 Å². The predicted octanol–water partition coefficient (Wildman–Crippen LogP) is 2.74. The fourth-order valence-corrected chi connectivity index (χ4v) is 1.13. The van der Waals surface area contributed by atoms with Crippen molar-refractivity contribution < 1.29 is 36.2 Å². The summed E-state index contributed by atoms with van der Waals surface area (Å²) in [6.45, 7) is 0. The monoisotopic (exact) mass is 271 g/mol. The molecule has 0 amide bonds. The molecule has 4 nitrogen and oxygen atoms in total. The minimum Gasteiger partial charge on any atom is -0.493 e. The lowest BCUT2D eigenvalue weighted by molar-refractivity contribution is -0.275. The lowest BCUT2D eigenvalue weighted by Gasteiger charge is -2.15. The minimum absolute atomic E-state index is 0.103. The van der Waals surface area contributed by atoms with E-state index < -0.39 is 35.7 Å². The Morgan fingerprint density at radius 1 is 1.39 bits per heavy atom. The van der Waals surface area contributed by atoms with Gasteiger partial charge in [-0.05, 0) is 0 Å². The van der Waals surface area contributed by atoms with E-state index in [1.54, 1.807) is 0 Å². The summed E-state index contributed by atoms with van der Waals surface area (Å²) in [5, 5.41) is 0. The van der Waals surface area contributed by atoms with Gasteiger partial charge in [0.25, 0.3) is 6.43 Å². The summed E-state index contributed by atoms with van der Waals surface area (Å²) in [6.07, 6.45) is -8.43. The number of halogens is 5. The normalized spacial score (nSPS) is 11.5. The number of aldehydes is 1. The summed E-state index contributed by atoms with van der Waals surface area (Å²) in [5.74, 6) is -1.91. The Morgan fingerprint density at radius 2 is 2.00 bits per heavy atom. The molecule has 0 bridgehead atoms. The molecule has 0 radical (unpaired) electrons. The van der Waals surface area contributed by atoms with Gasteiger partial charge < -0.3 is 9.47 Å². The number of carbonyl (C=O) groups is 1. The molecule has 0 unspecified atom stereocenters. The highest BCUT2D eigenvalue weighted by Crippen LogP contribution is 2.39. The van der Waals surface area contributed by atoms with Gasteiger partial charge in [-0.3, -0.25) is 4.79 Å². The van der Waals surface area contributed by atoms with Crippen molar-refractivity contribution >= 4 is 6.29 Å². The summed E-state index contributed by atoms with van der Waals surface area (Å²) in [4.78, 5) is 13.5. The number of carbonyl (C=O) groups excluding carboxylic acids is 1. The van der Waals surface area contributed by atoms with Gasteiger partial charge >= 0.3 is 6.36 Å². The van der Waals surface area contributed by atoms with Gasteiger partial charge in [0.15, 0.2) is 23.5 Å². The maximum Gasteiger partial charge on any atom is 0.573 e. The Kier molecular flexibility index (Phi) is 4.04. The Balaban J connectivity index is 3.39. The second kappa shape index (κ2) is 5.15. The van der Waals surface area contributed by atoms with Gasteiger partial charge in [0, 0.05) is 6.07 Å². The molecule has 0 saturated heterocycles. The van der Waals surface area contributed by atoms with E-state index in [-0.39, 0.29) is 6.29 Å². The third kappa shape index (κ3) is 3.28. The first-order chi connectivity index (χ1) is 8.28. The van der Waals surface area contributed by atoms with Crippen LogP contribution in [-0.4, -0.2) is 24.7 Å². The average molecular weight is 271 g/mol. The number of hydrogen-bond donors (Lipinski definition) is 0. The van der Waals surface area contributed by atoms with Crippen LogP contribution in [0.2, 0.25) is 0 Å². The van der Waals surface area contributed by atoms with E-state index in [1.165, 1.54) is 0 Å². The maximum absolute atomic E-state index is 12.6. The van der Waals surface area contributed by atoms with Crippen molar-refractivity contribution in [2.75, 3.05) is 7.11 Å². The van der Waals surface area contributed by atoms with Crippen LogP contribution in [0, 0.1) is 0 Å². The van der Waals surface area contributed by atoms with Gasteiger partial charge in [0.05, 0.1) is 7.11 Å². The van der Waals surface area contributed by atoms with E-state index in [2.05, 4.69) is 14.5 Å². The summed E-state index contributed by atoms with van der Waals surface area (Å²) in [6, 6.07) is 0.764. The smallest absolute Gasteiger partial charge is 0.493 e. The molecule has 100 valence electrons. The molecule has 18 heavy (non-hydrogen) atoms. The van der Waals surface area contributed by atoms with Crippen LogP contribution >= 0.6 is 0 Å². The van der Waals surface area contributed by atoms with Crippen LogP contribution in [0.5, 0.6) is 11.5 Å². The maximum atomic E-state index is 12.6. The summed E-state index contributed by atoms with van der Waals surface area (Å²) in [5.41, 5.74) is -1.80. The van der Waals surface area contributed by atoms with E-state index in [0.29, 0.717) is 0 Å². The molecule has 0 fully saturated rings. The van der Waals surface area contributed by atoms with Crippen molar-refractivity contribution in [2.45, 2.75) is 12.8 Å². The first kappa shape index (κ1) is 14.1. The molecular formula is C9H6F5NO3. The number of nitrogens with zero attached hydrogens (tertiary/aromatic N) is 1. The van der Waals surface area contributed by atoms with E-state index in [0.717, 1.165) is 13.2 Å². The van der Waals surface area contributed by atoms with Gasteiger partial charge in [0.1, 0.15) is 5.69 Å². The molecule has 0 atom stereocenters. The quantitative estimate of drug-likeness (QED) is 0.624. The zero-order valence-corrected chi connectivity index (χ0v) is 8.79. The number of aromatic nitrogens is 1. The number of ether oxygens (including phenoxy) is 2. The summed E-state index contributed by atoms with van der Waals surface area (Å²) in [7, 11) is 0.947. The Morgan fingerprint density at radius 3 is 2.39 bits per heavy atom. The Bertz CT molecular complexity index is 447. The second-order valence-electron chi connectivity index (χ2n) is 2.93. The topological polar surface area (TPSA) is 48.4 Å². The van der Waals surface area contributed by atoms with Gasteiger partial charge in [-0.25, -0.2) is 13.8 Å². The van der Waals surface area contributed by atoms with Crippen LogP contribution in [0.15, 0.2) is 6.07 Å². The molecule has 1 rings (SSSR count). The lowest BCUT2D eigenvalue weighted by atomic mass is 10.2. The molecule has 0 aliphatic rings. The van der Waals surface area contributed by atoms with Crippen LogP contribution < -0.4 is 9.47 Å². The molecule has 1 aromatic heterocycles. The van der Waals surface area contributed by atoms with Gasteiger partial charge in [-0.2, -0.15) is 0 Å². The van der Waals surface area contributed by atoms with Crippen LogP contribution in [0.4, 0.5) is 22.0 Å². The first-order valence-electron chi connectivity index (χ1n) is 4.36. The first-order valence-corrected chi connectivity index (χ1v) is 4.36. The summed E-state index contributed by atoms with van der Waals surface area (Å²) < 4.78 is 69.2. The van der Waals surface area contributed by atoms with Crippen LogP contribution in [0.1, 0.15) is 22.6 Å². The molecule has 1 aromatic rings. The fourth-order valence-electron chi connectivity index (χ4n) is 1.13. The van der Waals surface area contributed by atoms with Crippen molar-refractivity contribution in [1.29, 1.82) is 0 Å².